The van der Waals surface area contributed by atoms with E-state index in [2.05, 4.69) is 56.4 Å². The first-order valence-corrected chi connectivity index (χ1v) is 19.4. The molecule has 3 aromatic rings. The van der Waals surface area contributed by atoms with Crippen LogP contribution in [-0.2, 0) is 33.5 Å². The Labute approximate surface area is 295 Å². The van der Waals surface area contributed by atoms with Crippen LogP contribution in [0, 0.1) is 24.7 Å². The number of hydrogen-bond acceptors (Lipinski definition) is 8. The van der Waals surface area contributed by atoms with Crippen LogP contribution in [0.2, 0.25) is 0 Å². The maximum atomic E-state index is 14.7. The van der Waals surface area contributed by atoms with E-state index in [0.29, 0.717) is 43.0 Å². The first kappa shape index (κ1) is 34.4. The van der Waals surface area contributed by atoms with E-state index >= 15 is 0 Å². The van der Waals surface area contributed by atoms with Crippen molar-refractivity contribution >= 4 is 27.5 Å². The maximum absolute atomic E-state index is 14.7. The molecule has 4 aliphatic rings. The van der Waals surface area contributed by atoms with Gasteiger partial charge in [0, 0.05) is 38.9 Å². The number of aryl methyl sites for hydroxylation is 3. The molecule has 1 saturated carbocycles. The molecule has 2 aliphatic heterocycles. The smallest absolute Gasteiger partial charge is 0.305 e. The van der Waals surface area contributed by atoms with Gasteiger partial charge >= 0.3 is 5.91 Å². The van der Waals surface area contributed by atoms with Crippen LogP contribution < -0.4 is 14.4 Å². The van der Waals surface area contributed by atoms with Crippen LogP contribution in [0.3, 0.4) is 0 Å². The number of benzene rings is 1. The Morgan fingerprint density at radius 3 is 2.76 bits per heavy atom. The average molecular weight is 701 g/mol. The zero-order chi connectivity index (χ0) is 35.2. The summed E-state index contributed by atoms with van der Waals surface area (Å²) in [6.45, 7) is 7.81. The quantitative estimate of drug-likeness (QED) is 0.351. The number of hydrogen-bond donors (Lipinski definition) is 1. The van der Waals surface area contributed by atoms with Crippen molar-refractivity contribution in [3.63, 3.8) is 0 Å². The minimum Gasteiger partial charge on any atom is -0.489 e. The summed E-state index contributed by atoms with van der Waals surface area (Å²) in [5.74, 6) is 0.359. The second kappa shape index (κ2) is 13.6. The molecule has 50 heavy (non-hydrogen) atoms. The van der Waals surface area contributed by atoms with Gasteiger partial charge in [-0.25, -0.2) is 9.19 Å². The molecule has 1 unspecified atom stereocenters. The van der Waals surface area contributed by atoms with Crippen molar-refractivity contribution in [3.8, 4) is 5.75 Å². The van der Waals surface area contributed by atoms with E-state index in [9.17, 15) is 13.8 Å². The Balaban J connectivity index is 1.33. The SMILES string of the molecule is CO[C@H]1/C=C/C[C@H](C)[C@@H](C)S(=O)(NC(=O)c2cnn(C)c2)=NC(=O)c2ccc3c(n2)N(C[C@@H]2CC[C@H]21)C[C@@]1(CCCc2cc(C)ccc21)CO3. The molecule has 2 aliphatic carbocycles. The molecule has 2 aromatic heterocycles. The number of methoxy groups -OCH3 is 1. The zero-order valence-electron chi connectivity index (χ0n) is 29.6. The summed E-state index contributed by atoms with van der Waals surface area (Å²) in [5, 5.41) is 3.40. The lowest BCUT2D eigenvalue weighted by atomic mass is 9.68. The van der Waals surface area contributed by atoms with Gasteiger partial charge in [-0.05, 0) is 93.4 Å². The van der Waals surface area contributed by atoms with Gasteiger partial charge in [-0.3, -0.25) is 19.0 Å². The van der Waals surface area contributed by atoms with Crippen molar-refractivity contribution < 1.29 is 23.3 Å². The van der Waals surface area contributed by atoms with Crippen molar-refractivity contribution in [3.05, 3.63) is 82.8 Å². The molecule has 0 radical (unpaired) electrons. The van der Waals surface area contributed by atoms with Gasteiger partial charge in [0.1, 0.15) is 15.6 Å². The fourth-order valence-electron chi connectivity index (χ4n) is 8.23. The van der Waals surface area contributed by atoms with Crippen LogP contribution in [0.1, 0.15) is 83.5 Å². The molecule has 1 N–H and O–H groups in total. The van der Waals surface area contributed by atoms with Gasteiger partial charge in [-0.1, -0.05) is 42.8 Å². The molecule has 1 fully saturated rings. The molecule has 1 aromatic carbocycles. The molecule has 2 bridgehead atoms. The lowest BCUT2D eigenvalue weighted by Crippen LogP contribution is -2.49. The molecule has 0 saturated heterocycles. The summed E-state index contributed by atoms with van der Waals surface area (Å²) in [5.41, 5.74) is 4.00. The van der Waals surface area contributed by atoms with E-state index in [-0.39, 0.29) is 28.7 Å². The summed E-state index contributed by atoms with van der Waals surface area (Å²) >= 11 is 0. The van der Waals surface area contributed by atoms with Crippen LogP contribution in [0.5, 0.6) is 5.75 Å². The lowest BCUT2D eigenvalue weighted by molar-refractivity contribution is 0.0131. The van der Waals surface area contributed by atoms with Crippen molar-refractivity contribution in [2.75, 3.05) is 31.7 Å². The summed E-state index contributed by atoms with van der Waals surface area (Å²) in [4.78, 5) is 34.6. The molecule has 266 valence electrons. The fourth-order valence-corrected chi connectivity index (χ4v) is 10.1. The lowest BCUT2D eigenvalue weighted by Gasteiger charge is -2.45. The second-order valence-electron chi connectivity index (χ2n) is 14.8. The van der Waals surface area contributed by atoms with Gasteiger partial charge in [-0.2, -0.15) is 5.10 Å². The van der Waals surface area contributed by atoms with Crippen molar-refractivity contribution in [1.29, 1.82) is 0 Å². The number of rotatable bonds is 3. The largest absolute Gasteiger partial charge is 0.489 e. The van der Waals surface area contributed by atoms with Gasteiger partial charge in [0.2, 0.25) is 0 Å². The Morgan fingerprint density at radius 1 is 1.18 bits per heavy atom. The fraction of sp³-hybridized carbons (Fsp3) is 0.526. The Hall–Kier alpha value is -4.03. The molecular formula is C38H48N6O5S. The van der Waals surface area contributed by atoms with Gasteiger partial charge in [0.05, 0.1) is 29.7 Å². The van der Waals surface area contributed by atoms with Crippen LogP contribution in [-0.4, -0.2) is 68.9 Å². The Morgan fingerprint density at radius 2 is 2.02 bits per heavy atom. The normalized spacial score (nSPS) is 31.7. The van der Waals surface area contributed by atoms with Crippen molar-refractivity contribution in [1.82, 2.24) is 19.5 Å². The highest BCUT2D eigenvalue weighted by Gasteiger charge is 2.45. The topological polar surface area (TPSA) is 128 Å². The third-order valence-electron chi connectivity index (χ3n) is 11.5. The van der Waals surface area contributed by atoms with Crippen LogP contribution in [0.15, 0.2) is 59.2 Å². The standard InChI is InChI=1S/C38H48N6O5S/c1-24-11-14-31-27(18-24)9-7-17-38(31)22-44-21-28-12-13-30(28)33(48-5)10-6-8-25(2)26(3)50(47,41-36(45)29-19-39-43(4)20-29)42-37(46)32-15-16-34(49-23-38)35(44)40-32/h6,10-11,14-16,18-20,25-26,28,30,33H,7-9,12-13,17,21-23H2,1-5H3,(H,41,42,45,46,47)/b10-6+/t25-,26+,28-,30+,33-,38-,50?/m0/s1. The van der Waals surface area contributed by atoms with Gasteiger partial charge in [0.15, 0.2) is 11.6 Å². The minimum atomic E-state index is -3.62. The van der Waals surface area contributed by atoms with E-state index in [1.807, 2.05) is 6.92 Å². The van der Waals surface area contributed by atoms with E-state index in [0.717, 1.165) is 38.6 Å². The molecule has 7 atom stereocenters. The number of carbonyl (C=O) groups excluding carboxylic acids is 2. The van der Waals surface area contributed by atoms with Crippen LogP contribution >= 0.6 is 0 Å². The molecule has 7 rings (SSSR count). The third kappa shape index (κ3) is 6.48. The van der Waals surface area contributed by atoms with E-state index in [1.54, 1.807) is 33.2 Å². The highest BCUT2D eigenvalue weighted by atomic mass is 32.2. The predicted octanol–water partition coefficient (Wildman–Crippen LogP) is 5.58. The number of aromatic nitrogens is 3. The zero-order valence-corrected chi connectivity index (χ0v) is 30.4. The highest BCUT2D eigenvalue weighted by Crippen LogP contribution is 2.46. The summed E-state index contributed by atoms with van der Waals surface area (Å²) in [7, 11) is -0.164. The number of allylic oxidation sites excluding steroid dienone is 1. The van der Waals surface area contributed by atoms with Gasteiger partial charge < -0.3 is 14.4 Å². The predicted molar refractivity (Wildman–Crippen MR) is 193 cm³/mol. The summed E-state index contributed by atoms with van der Waals surface area (Å²) < 4.78 is 35.8. The molecule has 11 nitrogen and oxygen atoms in total. The summed E-state index contributed by atoms with van der Waals surface area (Å²) in [6.07, 6.45) is 12.9. The Bertz CT molecular complexity index is 1950. The number of fused-ring (bicyclic) bond motifs is 4. The number of carbonyl (C=O) groups is 2. The number of nitrogens with zero attached hydrogens (tertiary/aromatic N) is 5. The van der Waals surface area contributed by atoms with E-state index in [1.165, 1.54) is 33.8 Å². The molecule has 12 heteroatoms. The van der Waals surface area contributed by atoms with Crippen LogP contribution in [0.25, 0.3) is 0 Å². The average Bonchev–Trinajstić information content (AvgIpc) is 3.47. The molecule has 4 heterocycles. The molecule has 2 amide bonds. The van der Waals surface area contributed by atoms with E-state index < -0.39 is 27.0 Å². The first-order chi connectivity index (χ1) is 24.0. The monoisotopic (exact) mass is 700 g/mol. The van der Waals surface area contributed by atoms with Crippen molar-refractivity contribution in [2.24, 2.45) is 29.2 Å². The van der Waals surface area contributed by atoms with Crippen molar-refractivity contribution in [2.45, 2.75) is 76.1 Å². The maximum Gasteiger partial charge on any atom is 0.305 e. The van der Waals surface area contributed by atoms with Gasteiger partial charge in [-0.15, -0.1) is 4.36 Å². The third-order valence-corrected chi connectivity index (χ3v) is 13.9. The highest BCUT2D eigenvalue weighted by molar-refractivity contribution is 7.93. The molecular weight excluding hydrogens is 653 g/mol. The second-order valence-corrected chi connectivity index (χ2v) is 17.1. The molecule has 1 spiro atoms. The number of ether oxygens (including phenoxy) is 2. The number of nitrogens with one attached hydrogen (secondary N) is 1. The minimum absolute atomic E-state index is 0.0584. The Kier molecular flexibility index (Phi) is 9.36. The number of amides is 2. The van der Waals surface area contributed by atoms with E-state index in [4.69, 9.17) is 14.5 Å². The number of pyridine rings is 1. The number of anilines is 1. The first-order valence-electron chi connectivity index (χ1n) is 17.8. The summed E-state index contributed by atoms with van der Waals surface area (Å²) in [6, 6.07) is 10.2. The van der Waals surface area contributed by atoms with Crippen LogP contribution in [0.4, 0.5) is 5.82 Å². The van der Waals surface area contributed by atoms with Gasteiger partial charge in [0.25, 0.3) is 5.91 Å².